The van der Waals surface area contributed by atoms with Crippen LogP contribution in [0.15, 0.2) is 29.0 Å². The van der Waals surface area contributed by atoms with Crippen molar-refractivity contribution in [2.75, 3.05) is 7.11 Å². The van der Waals surface area contributed by atoms with Crippen molar-refractivity contribution in [3.8, 4) is 0 Å². The molecule has 0 aromatic carbocycles. The first-order valence-corrected chi connectivity index (χ1v) is 4.73. The average molecular weight is 226 g/mol. The van der Waals surface area contributed by atoms with Crippen LogP contribution in [-0.4, -0.2) is 24.2 Å². The van der Waals surface area contributed by atoms with Crippen LogP contribution < -0.4 is 0 Å². The molecule has 0 atom stereocenters. The Kier molecular flexibility index (Phi) is 10.1. The van der Waals surface area contributed by atoms with Crippen molar-refractivity contribution in [3.63, 3.8) is 0 Å². The second kappa shape index (κ2) is 9.74. The van der Waals surface area contributed by atoms with E-state index in [1.165, 1.54) is 7.11 Å². The van der Waals surface area contributed by atoms with Crippen LogP contribution in [0.1, 0.15) is 27.7 Å². The Hall–Kier alpha value is -1.80. The molecular formula is C12H18O4. The molecule has 0 unspecified atom stereocenters. The fourth-order valence-corrected chi connectivity index (χ4v) is 0.552. The van der Waals surface area contributed by atoms with E-state index >= 15 is 0 Å². The molecule has 0 aromatic rings. The number of carbonyl (C=O) groups is 2. The molecule has 0 amide bonds. The minimum absolute atomic E-state index is 0.326. The van der Waals surface area contributed by atoms with Crippen LogP contribution in [0.3, 0.4) is 0 Å². The van der Waals surface area contributed by atoms with E-state index in [2.05, 4.69) is 10.5 Å². The van der Waals surface area contributed by atoms with Crippen molar-refractivity contribution >= 4 is 11.9 Å². The third kappa shape index (κ3) is 8.78. The minimum Gasteiger partial charge on any atom is -0.478 e. The molecule has 0 aliphatic carbocycles. The van der Waals surface area contributed by atoms with E-state index in [4.69, 9.17) is 5.11 Å². The van der Waals surface area contributed by atoms with Gasteiger partial charge in [-0.25, -0.2) is 9.59 Å². The van der Waals surface area contributed by atoms with Crippen molar-refractivity contribution in [3.05, 3.63) is 29.0 Å². The molecule has 0 radical (unpaired) electrons. The van der Waals surface area contributed by atoms with Gasteiger partial charge in [-0.05, 0) is 33.8 Å². The minimum atomic E-state index is -0.845. The lowest BCUT2D eigenvalue weighted by Gasteiger charge is -1.91. The second-order valence-corrected chi connectivity index (χ2v) is 2.83. The summed E-state index contributed by atoms with van der Waals surface area (Å²) in [5.41, 5.74) is 3.60. The molecule has 0 bridgehead atoms. The van der Waals surface area contributed by atoms with Crippen LogP contribution in [0.5, 0.6) is 0 Å². The molecule has 4 nitrogen and oxygen atoms in total. The highest BCUT2D eigenvalue weighted by Crippen LogP contribution is 1.90. The molecule has 1 N–H and O–H groups in total. The summed E-state index contributed by atoms with van der Waals surface area (Å²) in [6, 6.07) is 0. The van der Waals surface area contributed by atoms with E-state index < -0.39 is 5.97 Å². The lowest BCUT2D eigenvalue weighted by Crippen LogP contribution is -1.99. The van der Waals surface area contributed by atoms with Crippen LogP contribution in [0, 0.1) is 0 Å². The highest BCUT2D eigenvalue weighted by atomic mass is 16.5. The Bertz CT molecular complexity index is 331. The van der Waals surface area contributed by atoms with Gasteiger partial charge in [0.1, 0.15) is 0 Å². The standard InChI is InChI=1S/C7H10O2.C5H8O2/c1-4-5-6(2)7(8)9-3;1-3-4(2)5(6)7/h4H,1-3H3;3H,1-2H3,(H,6,7). The Labute approximate surface area is 95.9 Å². The summed E-state index contributed by atoms with van der Waals surface area (Å²) in [6.07, 6.45) is 3.23. The SMILES string of the molecule is CC=C(C)C(=O)O.CC=C=C(C)C(=O)OC. The lowest BCUT2D eigenvalue weighted by molar-refractivity contribution is -0.136. The summed E-state index contributed by atoms with van der Waals surface area (Å²) < 4.78 is 4.41. The van der Waals surface area contributed by atoms with Crippen molar-refractivity contribution in [2.45, 2.75) is 27.7 Å². The Morgan fingerprint density at radius 1 is 1.25 bits per heavy atom. The Morgan fingerprint density at radius 3 is 1.94 bits per heavy atom. The number of allylic oxidation sites excluding steroid dienone is 1. The number of carbonyl (C=O) groups excluding carboxylic acids is 1. The number of carboxylic acid groups (broad SMARTS) is 1. The lowest BCUT2D eigenvalue weighted by atomic mass is 10.3. The molecule has 0 aliphatic rings. The van der Waals surface area contributed by atoms with Gasteiger partial charge in [0.2, 0.25) is 0 Å². The van der Waals surface area contributed by atoms with Crippen LogP contribution in [0.2, 0.25) is 0 Å². The van der Waals surface area contributed by atoms with Gasteiger partial charge in [0.05, 0.1) is 12.7 Å². The summed E-state index contributed by atoms with van der Waals surface area (Å²) in [5, 5.41) is 8.11. The number of methoxy groups -OCH3 is 1. The van der Waals surface area contributed by atoms with Gasteiger partial charge in [-0.2, -0.15) is 0 Å². The zero-order chi connectivity index (χ0) is 13.1. The molecule has 16 heavy (non-hydrogen) atoms. The number of rotatable bonds is 2. The first-order valence-electron chi connectivity index (χ1n) is 4.73. The summed E-state index contributed by atoms with van der Waals surface area (Å²) in [6.45, 7) is 6.71. The summed E-state index contributed by atoms with van der Waals surface area (Å²) in [7, 11) is 1.35. The van der Waals surface area contributed by atoms with Gasteiger partial charge in [0.15, 0.2) is 0 Å². The van der Waals surface area contributed by atoms with E-state index in [0.29, 0.717) is 11.1 Å². The van der Waals surface area contributed by atoms with E-state index in [1.54, 1.807) is 39.8 Å². The second-order valence-electron chi connectivity index (χ2n) is 2.83. The first kappa shape index (κ1) is 16.6. The molecule has 0 saturated carbocycles. The molecule has 0 rings (SSSR count). The highest BCUT2D eigenvalue weighted by molar-refractivity contribution is 5.87. The van der Waals surface area contributed by atoms with Crippen molar-refractivity contribution in [1.29, 1.82) is 0 Å². The Balaban J connectivity index is 0. The molecule has 0 heterocycles. The smallest absolute Gasteiger partial charge is 0.341 e. The molecule has 0 aliphatic heterocycles. The zero-order valence-corrected chi connectivity index (χ0v) is 10.3. The van der Waals surface area contributed by atoms with Gasteiger partial charge in [0.25, 0.3) is 0 Å². The van der Waals surface area contributed by atoms with Gasteiger partial charge in [-0.3, -0.25) is 0 Å². The van der Waals surface area contributed by atoms with Gasteiger partial charge in [0, 0.05) is 5.57 Å². The normalized spacial score (nSPS) is 9.19. The largest absolute Gasteiger partial charge is 0.478 e. The number of hydrogen-bond donors (Lipinski definition) is 1. The third-order valence-corrected chi connectivity index (χ3v) is 1.62. The predicted molar refractivity (Wildman–Crippen MR) is 62.0 cm³/mol. The van der Waals surface area contributed by atoms with E-state index in [9.17, 15) is 9.59 Å². The first-order chi connectivity index (χ1) is 7.40. The quantitative estimate of drug-likeness (QED) is 0.446. The number of ether oxygens (including phenoxy) is 1. The molecule has 0 spiro atoms. The van der Waals surface area contributed by atoms with Crippen molar-refractivity contribution < 1.29 is 19.4 Å². The number of carboxylic acids is 1. The van der Waals surface area contributed by atoms with Gasteiger partial charge < -0.3 is 9.84 Å². The fraction of sp³-hybridized carbons (Fsp3) is 0.417. The van der Waals surface area contributed by atoms with Crippen molar-refractivity contribution in [2.24, 2.45) is 0 Å². The van der Waals surface area contributed by atoms with E-state index in [0.717, 1.165) is 0 Å². The third-order valence-electron chi connectivity index (χ3n) is 1.62. The van der Waals surface area contributed by atoms with Crippen LogP contribution in [0.25, 0.3) is 0 Å². The highest BCUT2D eigenvalue weighted by Gasteiger charge is 1.98. The summed E-state index contributed by atoms with van der Waals surface area (Å²) in [5.74, 6) is -1.17. The molecule has 0 saturated heterocycles. The van der Waals surface area contributed by atoms with Crippen molar-refractivity contribution in [1.82, 2.24) is 0 Å². The topological polar surface area (TPSA) is 63.6 Å². The van der Waals surface area contributed by atoms with E-state index in [-0.39, 0.29) is 5.97 Å². The average Bonchev–Trinajstić information content (AvgIpc) is 2.27. The Morgan fingerprint density at radius 2 is 1.75 bits per heavy atom. The van der Waals surface area contributed by atoms with Gasteiger partial charge in [-0.1, -0.05) is 6.08 Å². The fourth-order valence-electron chi connectivity index (χ4n) is 0.552. The van der Waals surface area contributed by atoms with Crippen LogP contribution in [-0.2, 0) is 14.3 Å². The molecule has 4 heteroatoms. The van der Waals surface area contributed by atoms with Crippen LogP contribution in [0.4, 0.5) is 0 Å². The maximum absolute atomic E-state index is 10.6. The maximum Gasteiger partial charge on any atom is 0.341 e. The summed E-state index contributed by atoms with van der Waals surface area (Å²) in [4.78, 5) is 20.4. The predicted octanol–water partition coefficient (Wildman–Crippen LogP) is 2.32. The van der Waals surface area contributed by atoms with Gasteiger partial charge >= 0.3 is 11.9 Å². The van der Waals surface area contributed by atoms with E-state index in [1.807, 2.05) is 0 Å². The van der Waals surface area contributed by atoms with Crippen LogP contribution >= 0.6 is 0 Å². The molecule has 90 valence electrons. The molecule has 0 fully saturated rings. The van der Waals surface area contributed by atoms with Gasteiger partial charge in [-0.15, -0.1) is 5.73 Å². The maximum atomic E-state index is 10.6. The summed E-state index contributed by atoms with van der Waals surface area (Å²) >= 11 is 0. The zero-order valence-electron chi connectivity index (χ0n) is 10.3. The monoisotopic (exact) mass is 226 g/mol. The number of hydrogen-bond acceptors (Lipinski definition) is 3. The molecular weight excluding hydrogens is 208 g/mol. The molecule has 0 aromatic heterocycles. The number of aliphatic carboxylic acids is 1. The number of esters is 1.